The molecule has 0 aromatic carbocycles. The van der Waals surface area contributed by atoms with Crippen molar-refractivity contribution in [3.05, 3.63) is 22.4 Å². The van der Waals surface area contributed by atoms with Gasteiger partial charge in [0.05, 0.1) is 11.4 Å². The molecule has 0 bridgehead atoms. The van der Waals surface area contributed by atoms with Crippen molar-refractivity contribution >= 4 is 11.9 Å². The van der Waals surface area contributed by atoms with E-state index in [2.05, 4.69) is 10.1 Å². The van der Waals surface area contributed by atoms with Crippen LogP contribution in [0, 0.1) is 19.1 Å². The fraction of sp³-hybridized carbons (Fsp3) is 0.500. The summed E-state index contributed by atoms with van der Waals surface area (Å²) in [7, 11) is 0. The van der Waals surface area contributed by atoms with Crippen LogP contribution in [0.1, 0.15) is 31.1 Å². The highest BCUT2D eigenvalue weighted by molar-refractivity contribution is 5.86. The quantitative estimate of drug-likeness (QED) is 0.205. The lowest BCUT2D eigenvalue weighted by atomic mass is 10.2. The van der Waals surface area contributed by atoms with Crippen LogP contribution in [-0.2, 0) is 0 Å². The summed E-state index contributed by atoms with van der Waals surface area (Å²) in [6.07, 6.45) is 1.15. The number of oxime groups is 1. The molecule has 1 unspecified atom stereocenters. The van der Waals surface area contributed by atoms with Crippen LogP contribution >= 0.6 is 0 Å². The fourth-order valence-corrected chi connectivity index (χ4v) is 1.20. The topological polar surface area (TPSA) is 96.7 Å². The maximum atomic E-state index is 11.7. The van der Waals surface area contributed by atoms with Gasteiger partial charge in [0, 0.05) is 6.92 Å². The average molecular weight is 240 g/mol. The van der Waals surface area contributed by atoms with Crippen LogP contribution < -0.4 is 0 Å². The van der Waals surface area contributed by atoms with E-state index >= 15 is 0 Å². The molecule has 1 heterocycles. The third-order valence-corrected chi connectivity index (χ3v) is 2.73. The Morgan fingerprint density at radius 3 is 2.59 bits per heavy atom. The molecule has 0 aliphatic heterocycles. The van der Waals surface area contributed by atoms with Gasteiger partial charge >= 0.3 is 0 Å². The Hall–Kier alpha value is -2.05. The molecule has 1 rings (SSSR count). The summed E-state index contributed by atoms with van der Waals surface area (Å²) in [6, 6.07) is -0.627. The third kappa shape index (κ3) is 2.55. The van der Waals surface area contributed by atoms with E-state index in [1.807, 2.05) is 0 Å². The van der Waals surface area contributed by atoms with Crippen molar-refractivity contribution in [2.24, 2.45) is 5.16 Å². The van der Waals surface area contributed by atoms with Gasteiger partial charge in [-0.3, -0.25) is 0 Å². The molecule has 7 nitrogen and oxygen atoms in total. The molecule has 0 aliphatic rings. The minimum Gasteiger partial charge on any atom is -0.623 e. The fourth-order valence-electron chi connectivity index (χ4n) is 1.20. The molecule has 2 N–H and O–H groups in total. The Kier molecular flexibility index (Phi) is 3.72. The highest BCUT2D eigenvalue weighted by Crippen LogP contribution is 2.05. The second-order valence-electron chi connectivity index (χ2n) is 3.86. The van der Waals surface area contributed by atoms with Gasteiger partial charge in [0.25, 0.3) is 0 Å². The SMILES string of the molecule is CC(=NO)C(C)[N+]([O-])=Cc1nc(C)c(C)n1O. The predicted molar refractivity (Wildman–Crippen MR) is 62.0 cm³/mol. The van der Waals surface area contributed by atoms with Gasteiger partial charge in [-0.25, -0.2) is 9.72 Å². The Morgan fingerprint density at radius 1 is 1.59 bits per heavy atom. The molecular weight excluding hydrogens is 224 g/mol. The minimum atomic E-state index is -0.627. The molecule has 0 radical (unpaired) electrons. The van der Waals surface area contributed by atoms with E-state index < -0.39 is 6.04 Å². The molecule has 0 saturated carbocycles. The summed E-state index contributed by atoms with van der Waals surface area (Å²) >= 11 is 0. The smallest absolute Gasteiger partial charge is 0.233 e. The van der Waals surface area contributed by atoms with Crippen molar-refractivity contribution in [2.45, 2.75) is 33.7 Å². The van der Waals surface area contributed by atoms with Gasteiger partial charge in [-0.2, -0.15) is 4.73 Å². The zero-order valence-corrected chi connectivity index (χ0v) is 10.2. The number of nitrogens with zero attached hydrogens (tertiary/aromatic N) is 4. The summed E-state index contributed by atoms with van der Waals surface area (Å²) in [5.41, 5.74) is 1.50. The van der Waals surface area contributed by atoms with Crippen LogP contribution in [0.3, 0.4) is 0 Å². The normalized spacial score (nSPS) is 15.1. The highest BCUT2D eigenvalue weighted by atomic mass is 16.5. The number of hydrogen-bond acceptors (Lipinski definition) is 5. The standard InChI is InChI=1S/C10H16N4O3/c1-6-9(4)14(17)10(11-6)5-13(16)8(3)7(2)12-15/h5,8,15,17H,1-4H3. The van der Waals surface area contributed by atoms with Crippen molar-refractivity contribution in [3.8, 4) is 0 Å². The summed E-state index contributed by atoms with van der Waals surface area (Å²) in [5, 5.41) is 32.8. The van der Waals surface area contributed by atoms with E-state index in [9.17, 15) is 10.4 Å². The number of aryl methyl sites for hydroxylation is 1. The van der Waals surface area contributed by atoms with Crippen molar-refractivity contribution in [2.75, 3.05) is 0 Å². The molecule has 0 saturated heterocycles. The maximum absolute atomic E-state index is 11.7. The molecule has 0 aliphatic carbocycles. The van der Waals surface area contributed by atoms with Gasteiger partial charge in [-0.15, -0.1) is 0 Å². The van der Waals surface area contributed by atoms with E-state index in [0.717, 1.165) is 10.9 Å². The summed E-state index contributed by atoms with van der Waals surface area (Å²) < 4.78 is 1.42. The zero-order chi connectivity index (χ0) is 13.2. The predicted octanol–water partition coefficient (Wildman–Crippen LogP) is 0.905. The Labute approximate surface area is 98.9 Å². The molecule has 0 amide bonds. The van der Waals surface area contributed by atoms with E-state index in [0.29, 0.717) is 16.1 Å². The molecule has 94 valence electrons. The lowest BCUT2D eigenvalue weighted by Gasteiger charge is -2.10. The van der Waals surface area contributed by atoms with Crippen molar-refractivity contribution < 1.29 is 15.2 Å². The van der Waals surface area contributed by atoms with E-state index in [1.54, 1.807) is 20.8 Å². The van der Waals surface area contributed by atoms with Gasteiger partial charge < -0.3 is 15.6 Å². The van der Waals surface area contributed by atoms with Crippen LogP contribution in [-0.4, -0.2) is 42.8 Å². The van der Waals surface area contributed by atoms with E-state index in [-0.39, 0.29) is 11.5 Å². The second kappa shape index (κ2) is 4.86. The lowest BCUT2D eigenvalue weighted by Crippen LogP contribution is -2.27. The number of hydrogen-bond donors (Lipinski definition) is 2. The third-order valence-electron chi connectivity index (χ3n) is 2.73. The number of aromatic nitrogens is 2. The van der Waals surface area contributed by atoms with Crippen LogP contribution in [0.4, 0.5) is 0 Å². The van der Waals surface area contributed by atoms with Crippen LogP contribution in [0.2, 0.25) is 0 Å². The largest absolute Gasteiger partial charge is 0.623 e. The second-order valence-corrected chi connectivity index (χ2v) is 3.86. The first-order chi connectivity index (χ1) is 7.88. The van der Waals surface area contributed by atoms with Gasteiger partial charge in [-0.1, -0.05) is 5.16 Å². The number of rotatable bonds is 3. The minimum absolute atomic E-state index is 0.146. The monoisotopic (exact) mass is 240 g/mol. The summed E-state index contributed by atoms with van der Waals surface area (Å²) in [6.45, 7) is 6.55. The molecule has 0 fully saturated rings. The van der Waals surface area contributed by atoms with E-state index in [1.165, 1.54) is 6.92 Å². The molecule has 17 heavy (non-hydrogen) atoms. The number of hydroxylamine groups is 1. The average Bonchev–Trinajstić information content (AvgIpc) is 2.55. The van der Waals surface area contributed by atoms with Gasteiger partial charge in [0.15, 0.2) is 0 Å². The Balaban J connectivity index is 3.07. The molecule has 0 spiro atoms. The first-order valence-corrected chi connectivity index (χ1v) is 5.12. The van der Waals surface area contributed by atoms with Crippen LogP contribution in [0.15, 0.2) is 5.16 Å². The van der Waals surface area contributed by atoms with Crippen molar-refractivity contribution in [1.82, 2.24) is 9.71 Å². The summed E-state index contributed by atoms with van der Waals surface area (Å²) in [5.74, 6) is 0.146. The molecule has 1 aromatic rings. The Bertz CT molecular complexity index is 476. The molecule has 7 heteroatoms. The van der Waals surface area contributed by atoms with Crippen molar-refractivity contribution in [1.29, 1.82) is 0 Å². The molecular formula is C10H16N4O3. The van der Waals surface area contributed by atoms with Gasteiger partial charge in [0.1, 0.15) is 5.71 Å². The molecule has 1 atom stereocenters. The first-order valence-electron chi connectivity index (χ1n) is 5.12. The van der Waals surface area contributed by atoms with Gasteiger partial charge in [-0.05, 0) is 20.8 Å². The maximum Gasteiger partial charge on any atom is 0.233 e. The zero-order valence-electron chi connectivity index (χ0n) is 10.2. The van der Waals surface area contributed by atoms with Crippen molar-refractivity contribution in [3.63, 3.8) is 0 Å². The highest BCUT2D eigenvalue weighted by Gasteiger charge is 2.16. The Morgan fingerprint density at radius 2 is 2.18 bits per heavy atom. The van der Waals surface area contributed by atoms with Gasteiger partial charge in [0.2, 0.25) is 18.1 Å². The summed E-state index contributed by atoms with van der Waals surface area (Å²) in [4.78, 5) is 4.03. The van der Waals surface area contributed by atoms with Crippen LogP contribution in [0.5, 0.6) is 0 Å². The van der Waals surface area contributed by atoms with Crippen LogP contribution in [0.25, 0.3) is 0 Å². The van der Waals surface area contributed by atoms with E-state index in [4.69, 9.17) is 5.21 Å². The molecule has 1 aromatic heterocycles. The lowest BCUT2D eigenvalue weighted by molar-refractivity contribution is -0.472. The number of imidazole rings is 1. The first kappa shape index (κ1) is 13.0.